The number of nitrogens with one attached hydrogen (secondary N) is 4. The number of para-hydroxylation sites is 1. The maximum absolute atomic E-state index is 13.9. The molecule has 3 aromatic carbocycles. The van der Waals surface area contributed by atoms with Gasteiger partial charge in [-0.25, -0.2) is 14.3 Å². The Hall–Kier alpha value is -5.59. The van der Waals surface area contributed by atoms with Crippen molar-refractivity contribution in [1.82, 2.24) is 30.5 Å². The molecule has 246 valence electrons. The van der Waals surface area contributed by atoms with E-state index in [1.54, 1.807) is 29.0 Å². The van der Waals surface area contributed by atoms with Crippen molar-refractivity contribution in [2.24, 2.45) is 0 Å². The zero-order chi connectivity index (χ0) is 33.3. The van der Waals surface area contributed by atoms with Gasteiger partial charge in [0.05, 0.1) is 12.7 Å². The second-order valence-electron chi connectivity index (χ2n) is 11.6. The Balaban J connectivity index is 1.05. The number of benzene rings is 3. The van der Waals surface area contributed by atoms with E-state index in [1.807, 2.05) is 84.9 Å². The third kappa shape index (κ3) is 8.03. The van der Waals surface area contributed by atoms with Crippen LogP contribution in [0.2, 0.25) is 0 Å². The monoisotopic (exact) mass is 647 g/mol. The molecule has 3 heterocycles. The highest BCUT2D eigenvalue weighted by Gasteiger charge is 2.33. The van der Waals surface area contributed by atoms with Gasteiger partial charge in [-0.05, 0) is 41.7 Å². The van der Waals surface area contributed by atoms with E-state index in [2.05, 4.69) is 31.3 Å². The number of hydrogen-bond acceptors (Lipinski definition) is 7. The predicted octanol–water partition coefficient (Wildman–Crippen LogP) is 3.86. The molecule has 1 fully saturated rings. The molecule has 1 aliphatic rings. The first-order chi connectivity index (χ1) is 23.4. The number of carbonyl (C=O) groups is 3. The number of fused-ring (bicyclic) bond motifs is 1. The summed E-state index contributed by atoms with van der Waals surface area (Å²) >= 11 is 0. The van der Waals surface area contributed by atoms with Crippen LogP contribution in [0.4, 0.5) is 10.5 Å². The molecule has 12 heteroatoms. The molecular weight excluding hydrogens is 610 g/mol. The molecule has 0 spiro atoms. The highest BCUT2D eigenvalue weighted by Crippen LogP contribution is 2.30. The molecule has 6 rings (SSSR count). The Morgan fingerprint density at radius 1 is 0.958 bits per heavy atom. The van der Waals surface area contributed by atoms with Crippen LogP contribution in [0.25, 0.3) is 5.65 Å². The van der Waals surface area contributed by atoms with E-state index < -0.39 is 24.0 Å². The quantitative estimate of drug-likeness (QED) is 0.137. The highest BCUT2D eigenvalue weighted by molar-refractivity contribution is 5.98. The minimum absolute atomic E-state index is 0.0484. The molecule has 48 heavy (non-hydrogen) atoms. The third-order valence-electron chi connectivity index (χ3n) is 8.37. The molecule has 1 saturated heterocycles. The van der Waals surface area contributed by atoms with E-state index in [0.717, 1.165) is 16.7 Å². The lowest BCUT2D eigenvalue weighted by atomic mass is 9.84. The van der Waals surface area contributed by atoms with Crippen LogP contribution in [0.5, 0.6) is 0 Å². The maximum Gasteiger partial charge on any atom is 0.405 e. The van der Waals surface area contributed by atoms with Crippen molar-refractivity contribution in [3.05, 3.63) is 132 Å². The van der Waals surface area contributed by atoms with Crippen molar-refractivity contribution in [3.63, 3.8) is 0 Å². The van der Waals surface area contributed by atoms with Crippen LogP contribution in [-0.2, 0) is 16.0 Å². The van der Waals surface area contributed by atoms with Crippen LogP contribution in [-0.4, -0.2) is 75.5 Å². The van der Waals surface area contributed by atoms with Crippen LogP contribution in [0, 0.1) is 0 Å². The predicted molar refractivity (Wildman–Crippen MR) is 180 cm³/mol. The second kappa shape index (κ2) is 15.3. The van der Waals surface area contributed by atoms with E-state index >= 15 is 0 Å². The lowest BCUT2D eigenvalue weighted by molar-refractivity contribution is -0.118. The summed E-state index contributed by atoms with van der Waals surface area (Å²) in [6.45, 7) is 1.42. The number of carboxylic acid groups (broad SMARTS) is 1. The number of carbonyl (C=O) groups excluding carboxylic acids is 2. The molecule has 0 unspecified atom stereocenters. The van der Waals surface area contributed by atoms with Crippen molar-refractivity contribution in [2.75, 3.05) is 25.0 Å². The van der Waals surface area contributed by atoms with Crippen LogP contribution < -0.4 is 21.3 Å². The first-order valence-corrected chi connectivity index (χ1v) is 15.9. The van der Waals surface area contributed by atoms with Crippen LogP contribution in [0.15, 0.2) is 109 Å². The number of anilines is 1. The molecule has 0 aliphatic carbocycles. The number of ether oxygens (including phenoxy) is 1. The molecule has 3 amide bonds. The molecule has 3 atom stereocenters. The van der Waals surface area contributed by atoms with Gasteiger partial charge in [-0.2, -0.15) is 5.10 Å². The summed E-state index contributed by atoms with van der Waals surface area (Å²) in [5.41, 5.74) is 4.07. The van der Waals surface area contributed by atoms with Gasteiger partial charge in [0.2, 0.25) is 5.91 Å². The van der Waals surface area contributed by atoms with Gasteiger partial charge in [-0.1, -0.05) is 78.9 Å². The molecule has 12 nitrogen and oxygen atoms in total. The first-order valence-electron chi connectivity index (χ1n) is 15.9. The molecule has 5 N–H and O–H groups in total. The van der Waals surface area contributed by atoms with Gasteiger partial charge in [0, 0.05) is 49.2 Å². The number of hydrogen-bond donors (Lipinski definition) is 5. The Kier molecular flexibility index (Phi) is 10.3. The summed E-state index contributed by atoms with van der Waals surface area (Å²) in [4.78, 5) is 42.6. The molecule has 0 saturated carbocycles. The molecule has 0 radical (unpaired) electrons. The van der Waals surface area contributed by atoms with E-state index in [9.17, 15) is 19.5 Å². The van der Waals surface area contributed by atoms with Crippen molar-refractivity contribution in [1.29, 1.82) is 0 Å². The minimum atomic E-state index is -1.28. The van der Waals surface area contributed by atoms with E-state index in [-0.39, 0.29) is 18.1 Å². The van der Waals surface area contributed by atoms with Gasteiger partial charge in [-0.15, -0.1) is 0 Å². The molecule has 2 aromatic heterocycles. The lowest BCUT2D eigenvalue weighted by Crippen LogP contribution is -2.51. The number of nitrogens with zero attached hydrogens (tertiary/aromatic N) is 3. The van der Waals surface area contributed by atoms with Gasteiger partial charge >= 0.3 is 6.09 Å². The fraction of sp³-hybridized carbons (Fsp3) is 0.250. The number of aryl methyl sites for hydroxylation is 1. The summed E-state index contributed by atoms with van der Waals surface area (Å²) in [5.74, 6) is -1.28. The third-order valence-corrected chi connectivity index (χ3v) is 8.37. The van der Waals surface area contributed by atoms with Crippen LogP contribution in [0.1, 0.15) is 39.5 Å². The summed E-state index contributed by atoms with van der Waals surface area (Å²) in [6.07, 6.45) is 3.37. The van der Waals surface area contributed by atoms with Crippen molar-refractivity contribution in [2.45, 2.75) is 36.9 Å². The Morgan fingerprint density at radius 3 is 2.33 bits per heavy atom. The summed E-state index contributed by atoms with van der Waals surface area (Å²) < 4.78 is 7.68. The largest absolute Gasteiger partial charge is 0.465 e. The number of rotatable bonds is 12. The zero-order valence-electron chi connectivity index (χ0n) is 26.2. The van der Waals surface area contributed by atoms with Gasteiger partial charge in [-0.3, -0.25) is 9.59 Å². The molecule has 0 bridgehead atoms. The SMILES string of the molecule is O=C(O)N[C@H](C(=O)Nc1ccccc1CC[C@@H]1CN[C@H](CNC(=O)c2cc3ncccn3n2)CO1)C(c1ccccc1)c1ccccc1. The van der Waals surface area contributed by atoms with E-state index in [1.165, 1.54) is 0 Å². The van der Waals surface area contributed by atoms with Crippen LogP contribution in [0.3, 0.4) is 0 Å². The van der Waals surface area contributed by atoms with Gasteiger partial charge < -0.3 is 31.1 Å². The van der Waals surface area contributed by atoms with E-state index in [4.69, 9.17) is 4.74 Å². The molecule has 5 aromatic rings. The number of aromatic nitrogens is 3. The lowest BCUT2D eigenvalue weighted by Gasteiger charge is -2.30. The maximum atomic E-state index is 13.9. The highest BCUT2D eigenvalue weighted by atomic mass is 16.5. The second-order valence-corrected chi connectivity index (χ2v) is 11.6. The Morgan fingerprint density at radius 2 is 1.67 bits per heavy atom. The van der Waals surface area contributed by atoms with Crippen molar-refractivity contribution < 1.29 is 24.2 Å². The molecule has 1 aliphatic heterocycles. The minimum Gasteiger partial charge on any atom is -0.465 e. The van der Waals surface area contributed by atoms with Gasteiger partial charge in [0.15, 0.2) is 11.3 Å². The standard InChI is InChI=1S/C36H37N7O5/c44-34(30-20-31-37-18-9-19-43(31)42-30)39-21-27-23-48-28(22-38-27)17-16-24-10-7-8-15-29(24)40-35(45)33(41-36(46)47)32(25-11-3-1-4-12-25)26-13-5-2-6-14-26/h1-15,18-20,27-28,32-33,38,41H,16-17,21-23H2,(H,39,44)(H,40,45)(H,46,47)/t27-,28-,33+/m1/s1. The van der Waals surface area contributed by atoms with Crippen LogP contribution >= 0.6 is 0 Å². The Labute approximate surface area is 277 Å². The zero-order valence-corrected chi connectivity index (χ0v) is 26.2. The van der Waals surface area contributed by atoms with Crippen molar-refractivity contribution in [3.8, 4) is 0 Å². The normalized spacial score (nSPS) is 16.7. The topological polar surface area (TPSA) is 159 Å². The van der Waals surface area contributed by atoms with Crippen molar-refractivity contribution >= 4 is 29.2 Å². The van der Waals surface area contributed by atoms with Gasteiger partial charge in [0.25, 0.3) is 5.91 Å². The average molecular weight is 648 g/mol. The molecular formula is C36H37N7O5. The summed E-state index contributed by atoms with van der Waals surface area (Å²) in [7, 11) is 0. The van der Waals surface area contributed by atoms with Gasteiger partial charge in [0.1, 0.15) is 6.04 Å². The number of morpholine rings is 1. The average Bonchev–Trinajstić information content (AvgIpc) is 3.56. The Bertz CT molecular complexity index is 1770. The fourth-order valence-corrected chi connectivity index (χ4v) is 5.95. The van der Waals surface area contributed by atoms with E-state index in [0.29, 0.717) is 49.6 Å². The summed E-state index contributed by atoms with van der Waals surface area (Å²) in [5, 5.41) is 25.9. The smallest absolute Gasteiger partial charge is 0.405 e. The first kappa shape index (κ1) is 32.4. The number of amides is 3. The fourth-order valence-electron chi connectivity index (χ4n) is 5.95. The summed E-state index contributed by atoms with van der Waals surface area (Å²) in [6, 6.07) is 28.6.